The van der Waals surface area contributed by atoms with Crippen LogP contribution in [0.15, 0.2) is 0 Å². The van der Waals surface area contributed by atoms with Crippen LogP contribution in [0.4, 0.5) is 0 Å². The molecule has 0 bridgehead atoms. The molecule has 0 spiro atoms. The lowest BCUT2D eigenvalue weighted by Crippen LogP contribution is -2.51. The van der Waals surface area contributed by atoms with Gasteiger partial charge in [-0.2, -0.15) is 16.9 Å². The Kier molecular flexibility index (Phi) is 4.06. The molecule has 1 unspecified atom stereocenters. The van der Waals surface area contributed by atoms with Gasteiger partial charge in [-0.05, 0) is 32.6 Å². The molecule has 1 N–H and O–H groups in total. The second-order valence-corrected chi connectivity index (χ2v) is 7.16. The largest absolute Gasteiger partial charge is 0.337 e. The summed E-state index contributed by atoms with van der Waals surface area (Å²) in [5.74, 6) is 3.24. The van der Waals surface area contributed by atoms with E-state index in [1.54, 1.807) is 0 Å². The van der Waals surface area contributed by atoms with E-state index in [0.717, 1.165) is 40.9 Å². The first-order valence-corrected chi connectivity index (χ1v) is 8.70. The third-order valence-electron chi connectivity index (χ3n) is 4.79. The Hall–Kier alpha value is -0.970. The van der Waals surface area contributed by atoms with Gasteiger partial charge in [-0.25, -0.2) is 0 Å². The van der Waals surface area contributed by atoms with Crippen LogP contribution in [0.3, 0.4) is 0 Å². The summed E-state index contributed by atoms with van der Waals surface area (Å²) in [4.78, 5) is 14.9. The number of aromatic amines is 1. The molecule has 110 valence electrons. The summed E-state index contributed by atoms with van der Waals surface area (Å²) in [6.45, 7) is 4.89. The van der Waals surface area contributed by atoms with E-state index in [2.05, 4.69) is 15.1 Å². The van der Waals surface area contributed by atoms with Crippen LogP contribution in [0.25, 0.3) is 0 Å². The van der Waals surface area contributed by atoms with Gasteiger partial charge in [0.25, 0.3) is 0 Å². The molecule has 0 aromatic carbocycles. The molecule has 2 heterocycles. The van der Waals surface area contributed by atoms with Gasteiger partial charge in [0.2, 0.25) is 5.91 Å². The first-order valence-electron chi connectivity index (χ1n) is 7.54. The van der Waals surface area contributed by atoms with Crippen molar-refractivity contribution in [3.8, 4) is 0 Å². The minimum absolute atomic E-state index is 0.287. The van der Waals surface area contributed by atoms with Crippen LogP contribution in [0.5, 0.6) is 0 Å². The monoisotopic (exact) mass is 293 g/mol. The Morgan fingerprint density at radius 3 is 2.85 bits per heavy atom. The van der Waals surface area contributed by atoms with Crippen molar-refractivity contribution in [3.63, 3.8) is 0 Å². The number of carbonyl (C=O) groups is 1. The lowest BCUT2D eigenvalue weighted by atomic mass is 9.79. The van der Waals surface area contributed by atoms with Gasteiger partial charge in [0.1, 0.15) is 0 Å². The second-order valence-electron chi connectivity index (χ2n) is 6.01. The molecule has 1 saturated carbocycles. The molecule has 5 heteroatoms. The normalized spacial score (nSPS) is 23.7. The van der Waals surface area contributed by atoms with Gasteiger partial charge in [0.15, 0.2) is 0 Å². The molecule has 1 aromatic rings. The summed E-state index contributed by atoms with van der Waals surface area (Å²) in [6, 6.07) is 0.475. The average Bonchev–Trinajstić information content (AvgIpc) is 2.69. The van der Waals surface area contributed by atoms with E-state index < -0.39 is 0 Å². The van der Waals surface area contributed by atoms with Crippen LogP contribution in [-0.4, -0.2) is 45.1 Å². The maximum atomic E-state index is 12.7. The predicted molar refractivity (Wildman–Crippen MR) is 81.9 cm³/mol. The summed E-state index contributed by atoms with van der Waals surface area (Å²) in [7, 11) is 0. The fourth-order valence-electron chi connectivity index (χ4n) is 3.23. The summed E-state index contributed by atoms with van der Waals surface area (Å²) in [5, 5.41) is 7.17. The lowest BCUT2D eigenvalue weighted by Gasteiger charge is -2.43. The van der Waals surface area contributed by atoms with Gasteiger partial charge in [-0.3, -0.25) is 9.89 Å². The average molecular weight is 293 g/mol. The van der Waals surface area contributed by atoms with Crippen LogP contribution in [-0.2, 0) is 11.2 Å². The molecular weight excluding hydrogens is 270 g/mol. The molecule has 1 saturated heterocycles. The molecule has 2 fully saturated rings. The highest BCUT2D eigenvalue weighted by molar-refractivity contribution is 7.99. The number of aromatic nitrogens is 2. The number of carbonyl (C=O) groups excluding carboxylic acids is 1. The van der Waals surface area contributed by atoms with Gasteiger partial charge in [0.05, 0.1) is 12.1 Å². The molecule has 4 nitrogen and oxygen atoms in total. The van der Waals surface area contributed by atoms with Crippen molar-refractivity contribution in [3.05, 3.63) is 17.0 Å². The number of rotatable bonds is 3. The quantitative estimate of drug-likeness (QED) is 0.930. The predicted octanol–water partition coefficient (Wildman–Crippen LogP) is 2.31. The number of amides is 1. The highest BCUT2D eigenvalue weighted by Gasteiger charge is 2.36. The van der Waals surface area contributed by atoms with Crippen LogP contribution in [0.2, 0.25) is 0 Å². The van der Waals surface area contributed by atoms with Crippen LogP contribution < -0.4 is 0 Å². The number of nitrogens with zero attached hydrogens (tertiary/aromatic N) is 2. The van der Waals surface area contributed by atoms with Crippen molar-refractivity contribution < 1.29 is 4.79 Å². The van der Waals surface area contributed by atoms with Gasteiger partial charge in [0, 0.05) is 35.3 Å². The van der Waals surface area contributed by atoms with E-state index in [1.807, 2.05) is 25.6 Å². The lowest BCUT2D eigenvalue weighted by molar-refractivity contribution is -0.134. The number of nitrogens with one attached hydrogen (secondary N) is 1. The maximum absolute atomic E-state index is 12.7. The smallest absolute Gasteiger partial charge is 0.227 e. The first-order chi connectivity index (χ1) is 9.66. The number of hydrogen-bond acceptors (Lipinski definition) is 3. The van der Waals surface area contributed by atoms with E-state index in [1.165, 1.54) is 19.3 Å². The third-order valence-corrected chi connectivity index (χ3v) is 5.84. The minimum Gasteiger partial charge on any atom is -0.337 e. The second kappa shape index (κ2) is 5.80. The molecule has 0 radical (unpaired) electrons. The zero-order valence-corrected chi connectivity index (χ0v) is 13.1. The van der Waals surface area contributed by atoms with E-state index in [4.69, 9.17) is 0 Å². The Bertz CT molecular complexity index is 476. The highest BCUT2D eigenvalue weighted by atomic mass is 32.2. The van der Waals surface area contributed by atoms with Crippen LogP contribution >= 0.6 is 11.8 Å². The molecule has 2 aliphatic rings. The van der Waals surface area contributed by atoms with E-state index in [-0.39, 0.29) is 5.91 Å². The minimum atomic E-state index is 0.287. The summed E-state index contributed by atoms with van der Waals surface area (Å²) in [5.41, 5.74) is 3.07. The Morgan fingerprint density at radius 1 is 1.45 bits per heavy atom. The molecule has 1 aliphatic heterocycles. The number of hydrogen-bond donors (Lipinski definition) is 1. The zero-order valence-electron chi connectivity index (χ0n) is 12.3. The molecule has 20 heavy (non-hydrogen) atoms. The van der Waals surface area contributed by atoms with Crippen LogP contribution in [0.1, 0.15) is 36.2 Å². The topological polar surface area (TPSA) is 49.0 Å². The first kappa shape index (κ1) is 14.0. The molecule has 1 atom stereocenters. The third kappa shape index (κ3) is 2.60. The SMILES string of the molecule is Cc1n[nH]c(C)c1CC(=O)N1CCSCC1C1CCC1. The Balaban J connectivity index is 1.71. The molecule has 1 aliphatic carbocycles. The van der Waals surface area contributed by atoms with Crippen molar-refractivity contribution in [1.82, 2.24) is 15.1 Å². The molecule has 3 rings (SSSR count). The van der Waals surface area contributed by atoms with Gasteiger partial charge in [-0.1, -0.05) is 6.42 Å². The van der Waals surface area contributed by atoms with Gasteiger partial charge < -0.3 is 4.90 Å². The van der Waals surface area contributed by atoms with Crippen molar-refractivity contribution in [2.45, 2.75) is 45.6 Å². The Labute approximate surface area is 124 Å². The molecular formula is C15H23N3OS. The summed E-state index contributed by atoms with van der Waals surface area (Å²) < 4.78 is 0. The van der Waals surface area contributed by atoms with Crippen molar-refractivity contribution >= 4 is 17.7 Å². The fourth-order valence-corrected chi connectivity index (χ4v) is 4.42. The maximum Gasteiger partial charge on any atom is 0.227 e. The van der Waals surface area contributed by atoms with Crippen molar-refractivity contribution in [1.29, 1.82) is 0 Å². The van der Waals surface area contributed by atoms with Gasteiger partial charge in [-0.15, -0.1) is 0 Å². The number of H-pyrrole nitrogens is 1. The van der Waals surface area contributed by atoms with Crippen LogP contribution in [0, 0.1) is 19.8 Å². The zero-order chi connectivity index (χ0) is 14.1. The molecule has 1 aromatic heterocycles. The van der Waals surface area contributed by atoms with Crippen molar-refractivity contribution in [2.24, 2.45) is 5.92 Å². The summed E-state index contributed by atoms with van der Waals surface area (Å²) in [6.07, 6.45) is 4.45. The number of aryl methyl sites for hydroxylation is 2. The Morgan fingerprint density at radius 2 is 2.25 bits per heavy atom. The summed E-state index contributed by atoms with van der Waals surface area (Å²) >= 11 is 2.00. The van der Waals surface area contributed by atoms with E-state index in [9.17, 15) is 4.79 Å². The van der Waals surface area contributed by atoms with E-state index in [0.29, 0.717) is 12.5 Å². The number of thioether (sulfide) groups is 1. The van der Waals surface area contributed by atoms with E-state index >= 15 is 0 Å². The standard InChI is InChI=1S/C15H23N3OS/c1-10-13(11(2)17-16-10)8-15(19)18-6-7-20-9-14(18)12-4-3-5-12/h12,14H,3-9H2,1-2H3,(H,16,17). The highest BCUT2D eigenvalue weighted by Crippen LogP contribution is 2.36. The van der Waals surface area contributed by atoms with Gasteiger partial charge >= 0.3 is 0 Å². The van der Waals surface area contributed by atoms with Crippen molar-refractivity contribution in [2.75, 3.05) is 18.1 Å². The molecule has 1 amide bonds. The fraction of sp³-hybridized carbons (Fsp3) is 0.733.